The molecule has 0 aromatic rings. The number of fused-ring (bicyclic) bond motifs is 2. The first kappa shape index (κ1) is 20.7. The molecule has 2 heterocycles. The number of ether oxygens (including phenoxy) is 2. The molecule has 0 radical (unpaired) electrons. The summed E-state index contributed by atoms with van der Waals surface area (Å²) in [7, 11) is 0. The average Bonchev–Trinajstić information content (AvgIpc) is 2.55. The van der Waals surface area contributed by atoms with E-state index in [-0.39, 0.29) is 30.4 Å². The Morgan fingerprint density at radius 1 is 0.960 bits per heavy atom. The number of aliphatic hydroxyl groups is 1. The molecule has 2 saturated heterocycles. The van der Waals surface area contributed by atoms with Crippen molar-refractivity contribution in [3.63, 3.8) is 0 Å². The highest BCUT2D eigenvalue weighted by molar-refractivity contribution is 5.71. The van der Waals surface area contributed by atoms with E-state index >= 15 is 0 Å². The summed E-state index contributed by atoms with van der Waals surface area (Å²) in [6, 6.07) is 0. The summed E-state index contributed by atoms with van der Waals surface area (Å²) in [5.41, 5.74) is 0. The van der Waals surface area contributed by atoms with Crippen molar-refractivity contribution in [3.05, 3.63) is 0 Å². The summed E-state index contributed by atoms with van der Waals surface area (Å²) in [6.45, 7) is 2.26. The first-order chi connectivity index (χ1) is 12.2. The molecule has 2 bridgehead atoms. The fourth-order valence-corrected chi connectivity index (χ4v) is 4.15. The predicted molar refractivity (Wildman–Crippen MR) is 99.5 cm³/mol. The smallest absolute Gasteiger partial charge is 0.308 e. The van der Waals surface area contributed by atoms with Gasteiger partial charge in [0, 0.05) is 12.8 Å². The van der Waals surface area contributed by atoms with Gasteiger partial charge in [-0.3, -0.25) is 4.79 Å². The van der Waals surface area contributed by atoms with Gasteiger partial charge in [0.25, 0.3) is 0 Å². The Hall–Kier alpha value is -0.610. The van der Waals surface area contributed by atoms with Crippen molar-refractivity contribution in [2.75, 3.05) is 0 Å². The zero-order valence-corrected chi connectivity index (χ0v) is 16.1. The van der Waals surface area contributed by atoms with Gasteiger partial charge in [-0.1, -0.05) is 71.1 Å². The van der Waals surface area contributed by atoms with Gasteiger partial charge in [0.15, 0.2) is 0 Å². The predicted octanol–water partition coefficient (Wildman–Crippen LogP) is 4.91. The van der Waals surface area contributed by atoms with E-state index in [9.17, 15) is 9.90 Å². The molecule has 0 spiro atoms. The Balaban J connectivity index is 1.44. The van der Waals surface area contributed by atoms with Crippen LogP contribution in [0.3, 0.4) is 0 Å². The van der Waals surface area contributed by atoms with E-state index in [1.165, 1.54) is 57.8 Å². The number of unbranched alkanes of at least 4 members (excludes halogenated alkanes) is 9. The zero-order chi connectivity index (χ0) is 17.9. The van der Waals surface area contributed by atoms with Crippen LogP contribution in [0.1, 0.15) is 103 Å². The van der Waals surface area contributed by atoms with E-state index in [2.05, 4.69) is 6.92 Å². The van der Waals surface area contributed by atoms with E-state index < -0.39 is 0 Å². The second-order valence-electron chi connectivity index (χ2n) is 8.03. The molecule has 2 fully saturated rings. The van der Waals surface area contributed by atoms with Gasteiger partial charge in [-0.05, 0) is 12.8 Å². The molecule has 146 valence electrons. The maximum absolute atomic E-state index is 11.4. The van der Waals surface area contributed by atoms with Crippen LogP contribution in [-0.4, -0.2) is 35.5 Å². The molecule has 0 amide bonds. The molecule has 2 rings (SSSR count). The highest BCUT2D eigenvalue weighted by Crippen LogP contribution is 2.31. The Morgan fingerprint density at radius 2 is 1.60 bits per heavy atom. The van der Waals surface area contributed by atoms with Gasteiger partial charge in [-0.25, -0.2) is 0 Å². The molecule has 0 saturated carbocycles. The lowest BCUT2D eigenvalue weighted by atomic mass is 9.93. The summed E-state index contributed by atoms with van der Waals surface area (Å²) in [5.74, 6) is -0.134. The number of esters is 1. The Labute approximate surface area is 153 Å². The van der Waals surface area contributed by atoms with Crippen molar-refractivity contribution < 1.29 is 19.4 Å². The standard InChI is InChI=1S/C21H38O4/c1-2-3-4-5-6-7-8-9-10-11-12-17(22)13-18-14-19-15-20(24-18)16-21(23)25-19/h17-20,22H,2-16H2,1H3/t17?,18?,19-,20+/m0/s1. The topological polar surface area (TPSA) is 55.8 Å². The minimum atomic E-state index is -0.284. The van der Waals surface area contributed by atoms with E-state index in [4.69, 9.17) is 9.47 Å². The summed E-state index contributed by atoms with van der Waals surface area (Å²) < 4.78 is 11.3. The average molecular weight is 355 g/mol. The second kappa shape index (κ2) is 11.9. The monoisotopic (exact) mass is 354 g/mol. The van der Waals surface area contributed by atoms with Crippen molar-refractivity contribution in [2.24, 2.45) is 0 Å². The Morgan fingerprint density at radius 3 is 2.24 bits per heavy atom. The largest absolute Gasteiger partial charge is 0.462 e. The highest BCUT2D eigenvalue weighted by atomic mass is 16.6. The number of aliphatic hydroxyl groups excluding tert-OH is 1. The van der Waals surface area contributed by atoms with Crippen LogP contribution in [0.4, 0.5) is 0 Å². The van der Waals surface area contributed by atoms with Gasteiger partial charge in [0.1, 0.15) is 6.10 Å². The van der Waals surface area contributed by atoms with Crippen LogP contribution in [0.5, 0.6) is 0 Å². The van der Waals surface area contributed by atoms with Gasteiger partial charge in [0.2, 0.25) is 0 Å². The molecule has 25 heavy (non-hydrogen) atoms. The molecular weight excluding hydrogens is 316 g/mol. The van der Waals surface area contributed by atoms with E-state index in [1.807, 2.05) is 0 Å². The third-order valence-corrected chi connectivity index (χ3v) is 5.55. The van der Waals surface area contributed by atoms with Crippen molar-refractivity contribution >= 4 is 5.97 Å². The molecule has 2 unspecified atom stereocenters. The lowest BCUT2D eigenvalue weighted by Crippen LogP contribution is -2.44. The van der Waals surface area contributed by atoms with E-state index in [0.29, 0.717) is 12.8 Å². The SMILES string of the molecule is CCCCCCCCCCCCC(O)CC1C[C@H]2C[C@H](CC(=O)O2)O1. The molecule has 2 aliphatic rings. The van der Waals surface area contributed by atoms with Gasteiger partial charge in [-0.2, -0.15) is 0 Å². The number of hydrogen-bond acceptors (Lipinski definition) is 4. The Bertz CT molecular complexity index is 355. The quantitative estimate of drug-likeness (QED) is 0.377. The van der Waals surface area contributed by atoms with Crippen LogP contribution in [0, 0.1) is 0 Å². The summed E-state index contributed by atoms with van der Waals surface area (Å²) in [4.78, 5) is 11.4. The maximum Gasteiger partial charge on any atom is 0.308 e. The van der Waals surface area contributed by atoms with E-state index in [1.54, 1.807) is 0 Å². The van der Waals surface area contributed by atoms with Crippen LogP contribution in [0.25, 0.3) is 0 Å². The molecule has 2 aliphatic heterocycles. The van der Waals surface area contributed by atoms with Crippen LogP contribution < -0.4 is 0 Å². The third kappa shape index (κ3) is 8.54. The van der Waals surface area contributed by atoms with Crippen LogP contribution in [-0.2, 0) is 14.3 Å². The minimum absolute atomic E-state index is 0.00882. The minimum Gasteiger partial charge on any atom is -0.462 e. The third-order valence-electron chi connectivity index (χ3n) is 5.55. The molecule has 0 aliphatic carbocycles. The maximum atomic E-state index is 11.4. The van der Waals surface area contributed by atoms with Gasteiger partial charge in [0.05, 0.1) is 24.7 Å². The molecule has 4 heteroatoms. The van der Waals surface area contributed by atoms with Crippen molar-refractivity contribution in [2.45, 2.75) is 128 Å². The summed E-state index contributed by atoms with van der Waals surface area (Å²) in [5, 5.41) is 10.3. The fourth-order valence-electron chi connectivity index (χ4n) is 4.15. The van der Waals surface area contributed by atoms with Crippen LogP contribution >= 0.6 is 0 Å². The number of hydrogen-bond donors (Lipinski definition) is 1. The summed E-state index contributed by atoms with van der Waals surface area (Å²) in [6.07, 6.45) is 16.5. The number of rotatable bonds is 13. The number of carbonyl (C=O) groups is 1. The van der Waals surface area contributed by atoms with Gasteiger partial charge >= 0.3 is 5.97 Å². The second-order valence-corrected chi connectivity index (χ2v) is 8.03. The molecular formula is C21H38O4. The Kier molecular flexibility index (Phi) is 9.85. The molecule has 4 atom stereocenters. The fraction of sp³-hybridized carbons (Fsp3) is 0.952. The lowest BCUT2D eigenvalue weighted by molar-refractivity contribution is -0.186. The number of carbonyl (C=O) groups excluding carboxylic acids is 1. The normalized spacial score (nSPS) is 27.1. The molecule has 0 aromatic heterocycles. The van der Waals surface area contributed by atoms with Crippen molar-refractivity contribution in [1.82, 2.24) is 0 Å². The lowest BCUT2D eigenvalue weighted by Gasteiger charge is -2.39. The van der Waals surface area contributed by atoms with Gasteiger partial charge in [-0.15, -0.1) is 0 Å². The van der Waals surface area contributed by atoms with Crippen LogP contribution in [0.15, 0.2) is 0 Å². The molecule has 0 aromatic carbocycles. The zero-order valence-electron chi connectivity index (χ0n) is 16.1. The first-order valence-corrected chi connectivity index (χ1v) is 10.7. The molecule has 4 nitrogen and oxygen atoms in total. The van der Waals surface area contributed by atoms with Crippen LogP contribution in [0.2, 0.25) is 0 Å². The highest BCUT2D eigenvalue weighted by Gasteiger charge is 2.37. The van der Waals surface area contributed by atoms with Crippen molar-refractivity contribution in [1.29, 1.82) is 0 Å². The van der Waals surface area contributed by atoms with Gasteiger partial charge < -0.3 is 14.6 Å². The first-order valence-electron chi connectivity index (χ1n) is 10.7. The van der Waals surface area contributed by atoms with E-state index in [0.717, 1.165) is 25.7 Å². The van der Waals surface area contributed by atoms with Crippen molar-refractivity contribution in [3.8, 4) is 0 Å². The summed E-state index contributed by atoms with van der Waals surface area (Å²) >= 11 is 0. The molecule has 1 N–H and O–H groups in total.